The molecule has 102 valence electrons. The van der Waals surface area contributed by atoms with E-state index in [9.17, 15) is 8.42 Å². The molecular weight excluding hydrogens is 254 g/mol. The zero-order valence-electron chi connectivity index (χ0n) is 10.7. The van der Waals surface area contributed by atoms with Gasteiger partial charge in [-0.15, -0.1) is 0 Å². The van der Waals surface area contributed by atoms with Gasteiger partial charge >= 0.3 is 0 Å². The third kappa shape index (κ3) is 5.37. The molecule has 0 saturated carbocycles. The summed E-state index contributed by atoms with van der Waals surface area (Å²) in [5.74, 6) is 1.59. The van der Waals surface area contributed by atoms with Crippen molar-refractivity contribution in [2.75, 3.05) is 26.0 Å². The van der Waals surface area contributed by atoms with Crippen molar-refractivity contribution in [3.8, 4) is 11.5 Å². The second kappa shape index (κ2) is 7.23. The average Bonchev–Trinajstić information content (AvgIpc) is 2.35. The molecule has 0 bridgehead atoms. The summed E-state index contributed by atoms with van der Waals surface area (Å²) < 4.78 is 35.6. The van der Waals surface area contributed by atoms with Gasteiger partial charge in [0.15, 0.2) is 0 Å². The van der Waals surface area contributed by atoms with Gasteiger partial charge in [0.25, 0.3) is 0 Å². The number of benzene rings is 1. The molecule has 0 aliphatic carbocycles. The maximum atomic E-state index is 11.3. The van der Waals surface area contributed by atoms with Crippen molar-refractivity contribution in [1.82, 2.24) is 4.72 Å². The summed E-state index contributed by atoms with van der Waals surface area (Å²) in [5.41, 5.74) is 0. The van der Waals surface area contributed by atoms with Crippen LogP contribution in [0.15, 0.2) is 24.3 Å². The number of nitrogens with one attached hydrogen (secondary N) is 1. The molecule has 1 aromatic rings. The minimum atomic E-state index is -3.15. The standard InChI is InChI=1S/C12H19NO4S/c1-3-10-18(14,15)13-8-9-17-12-6-4-11(16-2)5-7-12/h4-7,13H,3,8-10H2,1-2H3. The summed E-state index contributed by atoms with van der Waals surface area (Å²) in [5, 5.41) is 0. The summed E-state index contributed by atoms with van der Waals surface area (Å²) in [6.45, 7) is 2.40. The van der Waals surface area contributed by atoms with Crippen LogP contribution in [0.25, 0.3) is 0 Å². The third-order valence-electron chi connectivity index (χ3n) is 2.23. The van der Waals surface area contributed by atoms with Gasteiger partial charge in [-0.25, -0.2) is 13.1 Å². The molecule has 0 heterocycles. The van der Waals surface area contributed by atoms with Gasteiger partial charge in [0.2, 0.25) is 10.0 Å². The van der Waals surface area contributed by atoms with E-state index >= 15 is 0 Å². The Morgan fingerprint density at radius 3 is 2.33 bits per heavy atom. The molecule has 1 rings (SSSR count). The summed E-state index contributed by atoms with van der Waals surface area (Å²) in [6, 6.07) is 7.13. The smallest absolute Gasteiger partial charge is 0.211 e. The van der Waals surface area contributed by atoms with E-state index in [1.807, 2.05) is 6.92 Å². The maximum Gasteiger partial charge on any atom is 0.211 e. The van der Waals surface area contributed by atoms with Gasteiger partial charge < -0.3 is 9.47 Å². The molecule has 0 amide bonds. The van der Waals surface area contributed by atoms with Crippen LogP contribution < -0.4 is 14.2 Å². The first-order chi connectivity index (χ1) is 8.57. The molecule has 0 aliphatic heterocycles. The molecular formula is C12H19NO4S. The van der Waals surface area contributed by atoms with Crippen LogP contribution in [0.1, 0.15) is 13.3 Å². The minimum absolute atomic E-state index is 0.148. The second-order valence-electron chi connectivity index (χ2n) is 3.74. The predicted octanol–water partition coefficient (Wildman–Crippen LogP) is 1.40. The van der Waals surface area contributed by atoms with Crippen molar-refractivity contribution in [3.63, 3.8) is 0 Å². The van der Waals surface area contributed by atoms with Crippen LogP contribution in [-0.2, 0) is 10.0 Å². The molecule has 0 radical (unpaired) electrons. The van der Waals surface area contributed by atoms with Crippen LogP contribution in [0.2, 0.25) is 0 Å². The van der Waals surface area contributed by atoms with Gasteiger partial charge in [-0.05, 0) is 30.7 Å². The number of methoxy groups -OCH3 is 1. The van der Waals surface area contributed by atoms with Gasteiger partial charge in [-0.2, -0.15) is 0 Å². The first-order valence-corrected chi connectivity index (χ1v) is 7.47. The molecule has 0 aromatic heterocycles. The maximum absolute atomic E-state index is 11.3. The number of sulfonamides is 1. The quantitative estimate of drug-likeness (QED) is 0.727. The molecule has 0 aliphatic rings. The number of rotatable bonds is 8. The van der Waals surface area contributed by atoms with E-state index in [1.165, 1.54) is 0 Å². The number of hydrogen-bond acceptors (Lipinski definition) is 4. The predicted molar refractivity (Wildman–Crippen MR) is 70.6 cm³/mol. The SMILES string of the molecule is CCCS(=O)(=O)NCCOc1ccc(OC)cc1. The first-order valence-electron chi connectivity index (χ1n) is 5.81. The van der Waals surface area contributed by atoms with E-state index in [1.54, 1.807) is 31.4 Å². The lowest BCUT2D eigenvalue weighted by Gasteiger charge is -2.08. The molecule has 0 atom stereocenters. The summed E-state index contributed by atoms with van der Waals surface area (Å²) in [6.07, 6.45) is 0.606. The van der Waals surface area contributed by atoms with Crippen LogP contribution in [0, 0.1) is 0 Å². The Morgan fingerprint density at radius 2 is 1.78 bits per heavy atom. The van der Waals surface area contributed by atoms with E-state index in [0.29, 0.717) is 18.8 Å². The van der Waals surface area contributed by atoms with Crippen molar-refractivity contribution >= 4 is 10.0 Å². The summed E-state index contributed by atoms with van der Waals surface area (Å²) in [4.78, 5) is 0. The number of ether oxygens (including phenoxy) is 2. The molecule has 0 saturated heterocycles. The van der Waals surface area contributed by atoms with E-state index in [-0.39, 0.29) is 12.3 Å². The lowest BCUT2D eigenvalue weighted by atomic mass is 10.3. The molecule has 5 nitrogen and oxygen atoms in total. The zero-order chi connectivity index (χ0) is 13.4. The fraction of sp³-hybridized carbons (Fsp3) is 0.500. The molecule has 6 heteroatoms. The monoisotopic (exact) mass is 273 g/mol. The van der Waals surface area contributed by atoms with E-state index < -0.39 is 10.0 Å². The fourth-order valence-corrected chi connectivity index (χ4v) is 2.46. The molecule has 0 unspecified atom stereocenters. The second-order valence-corrected chi connectivity index (χ2v) is 5.66. The topological polar surface area (TPSA) is 64.6 Å². The van der Waals surface area contributed by atoms with Crippen molar-refractivity contribution in [2.24, 2.45) is 0 Å². The van der Waals surface area contributed by atoms with Crippen molar-refractivity contribution in [3.05, 3.63) is 24.3 Å². The summed E-state index contributed by atoms with van der Waals surface area (Å²) in [7, 11) is -1.55. The van der Waals surface area contributed by atoms with E-state index in [2.05, 4.69) is 4.72 Å². The minimum Gasteiger partial charge on any atom is -0.497 e. The Morgan fingerprint density at radius 1 is 1.17 bits per heavy atom. The van der Waals surface area contributed by atoms with Crippen LogP contribution >= 0.6 is 0 Å². The Labute approximate surface area is 108 Å². The Bertz CT molecular complexity index is 442. The van der Waals surface area contributed by atoms with Crippen LogP contribution in [0.4, 0.5) is 0 Å². The fourth-order valence-electron chi connectivity index (χ4n) is 1.38. The molecule has 1 aromatic carbocycles. The summed E-state index contributed by atoms with van der Waals surface area (Å²) >= 11 is 0. The zero-order valence-corrected chi connectivity index (χ0v) is 11.5. The molecule has 0 spiro atoms. The Balaban J connectivity index is 2.29. The highest BCUT2D eigenvalue weighted by atomic mass is 32.2. The van der Waals surface area contributed by atoms with E-state index in [0.717, 1.165) is 5.75 Å². The van der Waals surface area contributed by atoms with Gasteiger partial charge in [-0.1, -0.05) is 6.92 Å². The van der Waals surface area contributed by atoms with Gasteiger partial charge in [0, 0.05) is 6.54 Å². The molecule has 0 fully saturated rings. The lowest BCUT2D eigenvalue weighted by Crippen LogP contribution is -2.30. The first kappa shape index (κ1) is 14.8. The number of hydrogen-bond donors (Lipinski definition) is 1. The van der Waals surface area contributed by atoms with Crippen LogP contribution in [0.5, 0.6) is 11.5 Å². The van der Waals surface area contributed by atoms with E-state index in [4.69, 9.17) is 9.47 Å². The van der Waals surface area contributed by atoms with Crippen molar-refractivity contribution in [2.45, 2.75) is 13.3 Å². The van der Waals surface area contributed by atoms with Crippen molar-refractivity contribution in [1.29, 1.82) is 0 Å². The van der Waals surface area contributed by atoms with Gasteiger partial charge in [0.05, 0.1) is 12.9 Å². The molecule has 1 N–H and O–H groups in total. The third-order valence-corrected chi connectivity index (χ3v) is 3.81. The Kier molecular flexibility index (Phi) is 5.94. The average molecular weight is 273 g/mol. The molecule has 18 heavy (non-hydrogen) atoms. The largest absolute Gasteiger partial charge is 0.497 e. The highest BCUT2D eigenvalue weighted by Gasteiger charge is 2.06. The Hall–Kier alpha value is -1.27. The van der Waals surface area contributed by atoms with Crippen LogP contribution in [-0.4, -0.2) is 34.4 Å². The normalized spacial score (nSPS) is 11.2. The highest BCUT2D eigenvalue weighted by molar-refractivity contribution is 7.89. The van der Waals surface area contributed by atoms with Crippen molar-refractivity contribution < 1.29 is 17.9 Å². The van der Waals surface area contributed by atoms with Gasteiger partial charge in [0.1, 0.15) is 18.1 Å². The van der Waals surface area contributed by atoms with Crippen LogP contribution in [0.3, 0.4) is 0 Å². The van der Waals surface area contributed by atoms with Gasteiger partial charge in [-0.3, -0.25) is 0 Å². The lowest BCUT2D eigenvalue weighted by molar-refractivity contribution is 0.322. The highest BCUT2D eigenvalue weighted by Crippen LogP contribution is 2.16.